The molecule has 136 valence electrons. The Balaban J connectivity index is 1.54. The molecule has 2 N–H and O–H groups in total. The van der Waals surface area contributed by atoms with Crippen LogP contribution in [0.3, 0.4) is 0 Å². The third-order valence-electron chi connectivity index (χ3n) is 4.14. The van der Waals surface area contributed by atoms with Crippen LogP contribution in [0.1, 0.15) is 36.0 Å². The summed E-state index contributed by atoms with van der Waals surface area (Å²) in [6.45, 7) is -0.677. The normalized spacial score (nSPS) is 14.2. The standard InChI is InChI=1S/C18H18N2O6/c21-15(20-18(24)19-12-6-2-3-7-12)10-25-16(22)13-9-11-5-1-4-8-14(11)26-17(13)23/h1,4-5,8-9,12H,2-3,6-7,10H2,(H2,19,20,21,24). The fourth-order valence-corrected chi connectivity index (χ4v) is 2.87. The zero-order valence-corrected chi connectivity index (χ0v) is 13.9. The molecule has 0 radical (unpaired) electrons. The van der Waals surface area contributed by atoms with Crippen LogP contribution in [-0.4, -0.2) is 30.6 Å². The Hall–Kier alpha value is -3.16. The molecule has 1 fully saturated rings. The van der Waals surface area contributed by atoms with Gasteiger partial charge in [-0.25, -0.2) is 14.4 Å². The minimum atomic E-state index is -0.990. The molecule has 1 aliphatic rings. The molecule has 0 spiro atoms. The highest BCUT2D eigenvalue weighted by Gasteiger charge is 2.20. The molecule has 1 aromatic heterocycles. The highest BCUT2D eigenvalue weighted by molar-refractivity contribution is 5.97. The number of carbonyl (C=O) groups excluding carboxylic acids is 3. The number of ether oxygens (including phenoxy) is 1. The number of imide groups is 1. The first-order chi connectivity index (χ1) is 12.5. The van der Waals surface area contributed by atoms with Crippen LogP contribution in [0.25, 0.3) is 11.0 Å². The summed E-state index contributed by atoms with van der Waals surface area (Å²) in [6, 6.07) is 7.49. The first kappa shape index (κ1) is 17.7. The van der Waals surface area contributed by atoms with Gasteiger partial charge in [0, 0.05) is 11.4 Å². The summed E-state index contributed by atoms with van der Waals surface area (Å²) in [5.41, 5.74) is -0.824. The van der Waals surface area contributed by atoms with Crippen LogP contribution < -0.4 is 16.3 Å². The van der Waals surface area contributed by atoms with Crippen LogP contribution in [0.2, 0.25) is 0 Å². The molecule has 0 atom stereocenters. The molecule has 8 nitrogen and oxygen atoms in total. The summed E-state index contributed by atoms with van der Waals surface area (Å²) in [4.78, 5) is 47.3. The molecule has 26 heavy (non-hydrogen) atoms. The summed E-state index contributed by atoms with van der Waals surface area (Å²) in [7, 11) is 0. The average molecular weight is 358 g/mol. The zero-order chi connectivity index (χ0) is 18.5. The molecule has 1 aliphatic carbocycles. The van der Waals surface area contributed by atoms with E-state index in [1.165, 1.54) is 6.07 Å². The number of benzene rings is 1. The van der Waals surface area contributed by atoms with Crippen LogP contribution in [-0.2, 0) is 9.53 Å². The van der Waals surface area contributed by atoms with Crippen molar-refractivity contribution in [2.24, 2.45) is 0 Å². The molecular formula is C18H18N2O6. The lowest BCUT2D eigenvalue weighted by Gasteiger charge is -2.12. The number of hydrogen-bond acceptors (Lipinski definition) is 6. The monoisotopic (exact) mass is 358 g/mol. The second-order valence-electron chi connectivity index (χ2n) is 6.06. The van der Waals surface area contributed by atoms with Gasteiger partial charge in [-0.05, 0) is 25.0 Å². The van der Waals surface area contributed by atoms with Crippen molar-refractivity contribution in [2.75, 3.05) is 6.61 Å². The Labute approximate surface area is 148 Å². The van der Waals surface area contributed by atoms with Gasteiger partial charge in [-0.3, -0.25) is 10.1 Å². The van der Waals surface area contributed by atoms with E-state index in [1.54, 1.807) is 24.3 Å². The van der Waals surface area contributed by atoms with Crippen molar-refractivity contribution in [1.29, 1.82) is 0 Å². The van der Waals surface area contributed by atoms with Gasteiger partial charge in [-0.15, -0.1) is 0 Å². The molecular weight excluding hydrogens is 340 g/mol. The van der Waals surface area contributed by atoms with E-state index in [4.69, 9.17) is 9.15 Å². The van der Waals surface area contributed by atoms with E-state index in [1.807, 2.05) is 0 Å². The lowest BCUT2D eigenvalue weighted by atomic mass is 10.2. The number of urea groups is 1. The van der Waals surface area contributed by atoms with Crippen molar-refractivity contribution in [1.82, 2.24) is 10.6 Å². The molecule has 1 saturated carbocycles. The molecule has 1 aromatic carbocycles. The van der Waals surface area contributed by atoms with Crippen molar-refractivity contribution < 1.29 is 23.5 Å². The first-order valence-electron chi connectivity index (χ1n) is 8.33. The van der Waals surface area contributed by atoms with Gasteiger partial charge in [-0.1, -0.05) is 31.0 Å². The van der Waals surface area contributed by atoms with Crippen molar-refractivity contribution in [3.63, 3.8) is 0 Å². The van der Waals surface area contributed by atoms with Crippen molar-refractivity contribution in [3.8, 4) is 0 Å². The van der Waals surface area contributed by atoms with Gasteiger partial charge in [0.15, 0.2) is 6.61 Å². The smallest absolute Gasteiger partial charge is 0.351 e. The SMILES string of the molecule is O=C(COC(=O)c1cc2ccccc2oc1=O)NC(=O)NC1CCCC1. The van der Waals surface area contributed by atoms with Gasteiger partial charge in [0.2, 0.25) is 0 Å². The lowest BCUT2D eigenvalue weighted by Crippen LogP contribution is -2.45. The molecule has 3 amide bonds. The van der Waals surface area contributed by atoms with Crippen molar-refractivity contribution in [3.05, 3.63) is 46.3 Å². The maximum Gasteiger partial charge on any atom is 0.351 e. The van der Waals surface area contributed by atoms with E-state index in [9.17, 15) is 19.2 Å². The maximum atomic E-state index is 12.0. The Kier molecular flexibility index (Phi) is 5.31. The van der Waals surface area contributed by atoms with Gasteiger partial charge in [0.25, 0.3) is 5.91 Å². The van der Waals surface area contributed by atoms with Crippen molar-refractivity contribution in [2.45, 2.75) is 31.7 Å². The van der Waals surface area contributed by atoms with Crippen LogP contribution in [0.5, 0.6) is 0 Å². The lowest BCUT2D eigenvalue weighted by molar-refractivity contribution is -0.123. The second-order valence-corrected chi connectivity index (χ2v) is 6.06. The Morgan fingerprint density at radius 3 is 2.65 bits per heavy atom. The summed E-state index contributed by atoms with van der Waals surface area (Å²) in [5, 5.41) is 5.33. The van der Waals surface area contributed by atoms with Gasteiger partial charge in [0.05, 0.1) is 0 Å². The molecule has 2 aromatic rings. The minimum absolute atomic E-state index is 0.0626. The largest absolute Gasteiger partial charge is 0.452 e. The minimum Gasteiger partial charge on any atom is -0.452 e. The predicted octanol–water partition coefficient (Wildman–Crippen LogP) is 1.72. The number of amides is 3. The van der Waals surface area contributed by atoms with Crippen LogP contribution in [0, 0.1) is 0 Å². The average Bonchev–Trinajstić information content (AvgIpc) is 3.11. The summed E-state index contributed by atoms with van der Waals surface area (Å²) in [6.07, 6.45) is 3.86. The number of fused-ring (bicyclic) bond motifs is 1. The van der Waals surface area contributed by atoms with E-state index < -0.39 is 30.1 Å². The summed E-state index contributed by atoms with van der Waals surface area (Å²) >= 11 is 0. The fourth-order valence-electron chi connectivity index (χ4n) is 2.87. The number of esters is 1. The highest BCUT2D eigenvalue weighted by atomic mass is 16.5. The third kappa shape index (κ3) is 4.27. The number of rotatable bonds is 4. The van der Waals surface area contributed by atoms with Crippen LogP contribution in [0.15, 0.2) is 39.5 Å². The van der Waals surface area contributed by atoms with Gasteiger partial charge >= 0.3 is 17.6 Å². The van der Waals surface area contributed by atoms with Crippen molar-refractivity contribution >= 4 is 28.9 Å². The molecule has 0 saturated heterocycles. The Morgan fingerprint density at radius 1 is 1.15 bits per heavy atom. The quantitative estimate of drug-likeness (QED) is 0.635. The van der Waals surface area contributed by atoms with Gasteiger partial charge in [-0.2, -0.15) is 0 Å². The van der Waals surface area contributed by atoms with E-state index in [0.29, 0.717) is 11.0 Å². The fraction of sp³-hybridized carbons (Fsp3) is 0.333. The molecule has 0 bridgehead atoms. The van der Waals surface area contributed by atoms with E-state index in [2.05, 4.69) is 10.6 Å². The summed E-state index contributed by atoms with van der Waals surface area (Å²) < 4.78 is 9.84. The van der Waals surface area contributed by atoms with Crippen LogP contribution >= 0.6 is 0 Å². The number of nitrogens with one attached hydrogen (secondary N) is 2. The highest BCUT2D eigenvalue weighted by Crippen LogP contribution is 2.17. The van der Waals surface area contributed by atoms with Crippen LogP contribution in [0.4, 0.5) is 4.79 Å². The first-order valence-corrected chi connectivity index (χ1v) is 8.33. The van der Waals surface area contributed by atoms with E-state index >= 15 is 0 Å². The summed E-state index contributed by atoms with van der Waals surface area (Å²) in [5.74, 6) is -1.77. The molecule has 8 heteroatoms. The topological polar surface area (TPSA) is 115 Å². The predicted molar refractivity (Wildman–Crippen MR) is 91.7 cm³/mol. The second kappa shape index (κ2) is 7.81. The van der Waals surface area contributed by atoms with Gasteiger partial charge < -0.3 is 14.5 Å². The van der Waals surface area contributed by atoms with E-state index in [-0.39, 0.29) is 11.6 Å². The van der Waals surface area contributed by atoms with Gasteiger partial charge in [0.1, 0.15) is 11.1 Å². The Bertz CT molecular complexity index is 898. The molecule has 0 aliphatic heterocycles. The molecule has 1 heterocycles. The third-order valence-corrected chi connectivity index (χ3v) is 4.14. The number of hydrogen-bond donors (Lipinski definition) is 2. The van der Waals surface area contributed by atoms with E-state index in [0.717, 1.165) is 25.7 Å². The number of para-hydroxylation sites is 1. The maximum absolute atomic E-state index is 12.0. The number of carbonyl (C=O) groups is 3. The molecule has 0 unspecified atom stereocenters. The zero-order valence-electron chi connectivity index (χ0n) is 13.9. The Morgan fingerprint density at radius 2 is 1.88 bits per heavy atom. The molecule has 3 rings (SSSR count).